The lowest BCUT2D eigenvalue weighted by atomic mass is 10.1. The predicted octanol–water partition coefficient (Wildman–Crippen LogP) is 2.99. The number of carbonyl (C=O) groups is 1. The van der Waals surface area contributed by atoms with Crippen molar-refractivity contribution in [3.8, 4) is 0 Å². The SMILES string of the molecule is [C-]#[N+]c1cc(Cl)c(C)c(C(=O)OC)c1. The highest BCUT2D eigenvalue weighted by Crippen LogP contribution is 2.26. The van der Waals surface area contributed by atoms with Gasteiger partial charge in [-0.05, 0) is 24.6 Å². The molecule has 0 fully saturated rings. The summed E-state index contributed by atoms with van der Waals surface area (Å²) in [6.45, 7) is 8.53. The van der Waals surface area contributed by atoms with Crippen LogP contribution in [0.25, 0.3) is 4.85 Å². The average Bonchev–Trinajstić information content (AvgIpc) is 2.20. The van der Waals surface area contributed by atoms with E-state index in [2.05, 4.69) is 9.58 Å². The highest BCUT2D eigenvalue weighted by molar-refractivity contribution is 6.32. The number of hydrogen-bond donors (Lipinski definition) is 0. The minimum atomic E-state index is -0.477. The smallest absolute Gasteiger partial charge is 0.336 e. The molecule has 0 bridgehead atoms. The Balaban J connectivity index is 3.36. The lowest BCUT2D eigenvalue weighted by Gasteiger charge is -2.05. The van der Waals surface area contributed by atoms with Gasteiger partial charge < -0.3 is 4.74 Å². The predicted molar refractivity (Wildman–Crippen MR) is 53.8 cm³/mol. The molecule has 0 spiro atoms. The first-order valence-corrected chi connectivity index (χ1v) is 4.24. The van der Waals surface area contributed by atoms with Crippen molar-refractivity contribution in [1.82, 2.24) is 0 Å². The molecule has 4 heteroatoms. The summed E-state index contributed by atoms with van der Waals surface area (Å²) in [6, 6.07) is 3.00. The maximum Gasteiger partial charge on any atom is 0.336 e. The van der Waals surface area contributed by atoms with Crippen LogP contribution in [0, 0.1) is 13.5 Å². The number of carbonyl (C=O) groups excluding carboxylic acids is 1. The zero-order chi connectivity index (χ0) is 10.7. The van der Waals surface area contributed by atoms with Crippen molar-refractivity contribution in [2.45, 2.75) is 6.92 Å². The summed E-state index contributed by atoms with van der Waals surface area (Å²) in [6.07, 6.45) is 0. The molecule has 0 saturated heterocycles. The zero-order valence-corrected chi connectivity index (χ0v) is 8.55. The summed E-state index contributed by atoms with van der Waals surface area (Å²) in [4.78, 5) is 14.5. The normalized spacial score (nSPS) is 9.29. The summed E-state index contributed by atoms with van der Waals surface area (Å²) in [5.74, 6) is -0.477. The molecule has 3 nitrogen and oxygen atoms in total. The first kappa shape index (κ1) is 10.6. The molecule has 72 valence electrons. The molecule has 1 aromatic rings. The maximum atomic E-state index is 11.3. The summed E-state index contributed by atoms with van der Waals surface area (Å²) in [7, 11) is 1.29. The molecular weight excluding hydrogens is 202 g/mol. The van der Waals surface area contributed by atoms with E-state index < -0.39 is 5.97 Å². The fourth-order valence-electron chi connectivity index (χ4n) is 1.05. The van der Waals surface area contributed by atoms with Gasteiger partial charge in [-0.2, -0.15) is 0 Å². The van der Waals surface area contributed by atoms with E-state index in [0.29, 0.717) is 21.8 Å². The second kappa shape index (κ2) is 4.12. The van der Waals surface area contributed by atoms with E-state index in [1.807, 2.05) is 0 Å². The molecule has 1 rings (SSSR count). The Bertz CT molecular complexity index is 421. The molecule has 0 amide bonds. The molecule has 0 saturated carbocycles. The maximum absolute atomic E-state index is 11.3. The van der Waals surface area contributed by atoms with E-state index in [-0.39, 0.29) is 0 Å². The number of esters is 1. The van der Waals surface area contributed by atoms with Crippen LogP contribution in [-0.2, 0) is 4.74 Å². The third-order valence-electron chi connectivity index (χ3n) is 1.86. The minimum Gasteiger partial charge on any atom is -0.465 e. The Labute approximate surface area is 87.1 Å². The lowest BCUT2D eigenvalue weighted by Crippen LogP contribution is -2.03. The first-order valence-electron chi connectivity index (χ1n) is 3.86. The van der Waals surface area contributed by atoms with Gasteiger partial charge in [-0.3, -0.25) is 0 Å². The molecule has 0 N–H and O–H groups in total. The van der Waals surface area contributed by atoms with E-state index >= 15 is 0 Å². The van der Waals surface area contributed by atoms with Gasteiger partial charge in [-0.15, -0.1) is 0 Å². The molecule has 0 aliphatic rings. The van der Waals surface area contributed by atoms with Gasteiger partial charge in [-0.25, -0.2) is 9.64 Å². The van der Waals surface area contributed by atoms with Gasteiger partial charge in [0, 0.05) is 5.02 Å². The van der Waals surface area contributed by atoms with Crippen molar-refractivity contribution in [2.75, 3.05) is 7.11 Å². The van der Waals surface area contributed by atoms with E-state index in [1.54, 1.807) is 6.92 Å². The van der Waals surface area contributed by atoms with E-state index in [1.165, 1.54) is 19.2 Å². The Hall–Kier alpha value is -1.53. The molecule has 0 heterocycles. The van der Waals surface area contributed by atoms with Crippen molar-refractivity contribution in [2.24, 2.45) is 0 Å². The molecule has 0 aliphatic carbocycles. The number of hydrogen-bond acceptors (Lipinski definition) is 2. The monoisotopic (exact) mass is 209 g/mol. The van der Waals surface area contributed by atoms with Crippen molar-refractivity contribution in [3.63, 3.8) is 0 Å². The zero-order valence-electron chi connectivity index (χ0n) is 7.80. The molecule has 1 aromatic carbocycles. The fraction of sp³-hybridized carbons (Fsp3) is 0.200. The van der Waals surface area contributed by atoms with Crippen LogP contribution in [0.15, 0.2) is 12.1 Å². The summed E-state index contributed by atoms with van der Waals surface area (Å²) >= 11 is 5.85. The van der Waals surface area contributed by atoms with E-state index in [4.69, 9.17) is 18.2 Å². The summed E-state index contributed by atoms with van der Waals surface area (Å²) < 4.78 is 4.57. The van der Waals surface area contributed by atoms with Crippen molar-refractivity contribution in [1.29, 1.82) is 0 Å². The summed E-state index contributed by atoms with van der Waals surface area (Å²) in [5.41, 5.74) is 1.30. The van der Waals surface area contributed by atoms with Crippen molar-refractivity contribution in [3.05, 3.63) is 39.7 Å². The molecule has 14 heavy (non-hydrogen) atoms. The van der Waals surface area contributed by atoms with Crippen LogP contribution in [0.1, 0.15) is 15.9 Å². The average molecular weight is 210 g/mol. The largest absolute Gasteiger partial charge is 0.465 e. The number of methoxy groups -OCH3 is 1. The fourth-order valence-corrected chi connectivity index (χ4v) is 1.26. The molecule has 0 atom stereocenters. The Kier molecular flexibility index (Phi) is 3.10. The van der Waals surface area contributed by atoms with Crippen molar-refractivity contribution < 1.29 is 9.53 Å². The molecular formula is C10H8ClNO2. The topological polar surface area (TPSA) is 30.7 Å². The Morgan fingerprint density at radius 2 is 2.21 bits per heavy atom. The van der Waals surface area contributed by atoms with Crippen LogP contribution in [0.3, 0.4) is 0 Å². The van der Waals surface area contributed by atoms with E-state index in [0.717, 1.165) is 0 Å². The Morgan fingerprint density at radius 1 is 1.57 bits per heavy atom. The molecule has 0 radical (unpaired) electrons. The van der Waals surface area contributed by atoms with Gasteiger partial charge >= 0.3 is 5.97 Å². The highest BCUT2D eigenvalue weighted by Gasteiger charge is 2.12. The second-order valence-corrected chi connectivity index (χ2v) is 3.11. The van der Waals surface area contributed by atoms with Crippen LogP contribution >= 0.6 is 11.6 Å². The van der Waals surface area contributed by atoms with Crippen LogP contribution in [0.2, 0.25) is 5.02 Å². The third kappa shape index (κ3) is 1.86. The highest BCUT2D eigenvalue weighted by atomic mass is 35.5. The minimum absolute atomic E-state index is 0.334. The van der Waals surface area contributed by atoms with Crippen LogP contribution in [-0.4, -0.2) is 13.1 Å². The number of halogens is 1. The lowest BCUT2D eigenvalue weighted by molar-refractivity contribution is 0.0600. The summed E-state index contributed by atoms with van der Waals surface area (Å²) in [5, 5.41) is 0.402. The van der Waals surface area contributed by atoms with Crippen LogP contribution in [0.5, 0.6) is 0 Å². The quantitative estimate of drug-likeness (QED) is 0.526. The standard InChI is InChI=1S/C10H8ClNO2/c1-6-8(10(13)14-3)4-7(12-2)5-9(6)11/h4-5H,1,3H3. The Morgan fingerprint density at radius 3 is 2.71 bits per heavy atom. The van der Waals surface area contributed by atoms with Crippen LogP contribution in [0.4, 0.5) is 5.69 Å². The van der Waals surface area contributed by atoms with Crippen molar-refractivity contribution >= 4 is 23.3 Å². The first-order chi connectivity index (χ1) is 6.60. The van der Waals surface area contributed by atoms with Crippen LogP contribution < -0.4 is 0 Å². The molecule has 0 unspecified atom stereocenters. The van der Waals surface area contributed by atoms with Gasteiger partial charge in [0.1, 0.15) is 0 Å². The molecule has 0 aliphatic heterocycles. The number of nitrogens with zero attached hydrogens (tertiary/aromatic N) is 1. The van der Waals surface area contributed by atoms with Gasteiger partial charge in [0.05, 0.1) is 19.2 Å². The van der Waals surface area contributed by atoms with Gasteiger partial charge in [0.15, 0.2) is 5.69 Å². The number of ether oxygens (including phenoxy) is 1. The van der Waals surface area contributed by atoms with E-state index in [9.17, 15) is 4.79 Å². The van der Waals surface area contributed by atoms with Gasteiger partial charge in [-0.1, -0.05) is 11.6 Å². The third-order valence-corrected chi connectivity index (χ3v) is 2.26. The second-order valence-electron chi connectivity index (χ2n) is 2.70. The molecule has 0 aromatic heterocycles. The number of rotatable bonds is 1. The van der Waals surface area contributed by atoms with Gasteiger partial charge in [0.2, 0.25) is 0 Å². The number of benzene rings is 1. The van der Waals surface area contributed by atoms with Gasteiger partial charge in [0.25, 0.3) is 0 Å².